The van der Waals surface area contributed by atoms with Crippen molar-refractivity contribution < 1.29 is 32.6 Å². The van der Waals surface area contributed by atoms with Gasteiger partial charge in [0.15, 0.2) is 5.69 Å². The number of halogens is 3. The third kappa shape index (κ3) is 6.60. The average molecular weight is 415 g/mol. The van der Waals surface area contributed by atoms with E-state index in [0.29, 0.717) is 12.2 Å². The van der Waals surface area contributed by atoms with Crippen LogP contribution in [-0.4, -0.2) is 39.9 Å². The average Bonchev–Trinajstić information content (AvgIpc) is 2.97. The van der Waals surface area contributed by atoms with Gasteiger partial charge in [-0.3, -0.25) is 0 Å². The van der Waals surface area contributed by atoms with Gasteiger partial charge in [-0.25, -0.2) is 14.6 Å². The van der Waals surface area contributed by atoms with E-state index in [4.69, 9.17) is 20.4 Å². The number of ether oxygens (including phenoxy) is 1. The molecule has 1 aromatic carbocycles. The summed E-state index contributed by atoms with van der Waals surface area (Å²) in [4.78, 5) is 25.3. The number of carbonyl (C=O) groups excluding carboxylic acids is 1. The van der Waals surface area contributed by atoms with Gasteiger partial charge >= 0.3 is 18.1 Å². The van der Waals surface area contributed by atoms with Crippen molar-refractivity contribution >= 4 is 11.9 Å². The summed E-state index contributed by atoms with van der Waals surface area (Å²) in [5, 5.41) is 7.12. The normalized spacial score (nSPS) is 12.2. The highest BCUT2D eigenvalue weighted by molar-refractivity contribution is 5.88. The van der Waals surface area contributed by atoms with Crippen LogP contribution in [0.5, 0.6) is 0 Å². The maximum atomic E-state index is 11.9. The fraction of sp³-hybridized carbons (Fsp3) is 0.421. The van der Waals surface area contributed by atoms with Gasteiger partial charge in [0.05, 0.1) is 13.2 Å². The maximum absolute atomic E-state index is 11.9. The van der Waals surface area contributed by atoms with Crippen LogP contribution < -0.4 is 5.73 Å². The van der Waals surface area contributed by atoms with Gasteiger partial charge in [-0.05, 0) is 18.4 Å². The third-order valence-corrected chi connectivity index (χ3v) is 4.07. The van der Waals surface area contributed by atoms with Crippen LogP contribution in [0.25, 0.3) is 0 Å². The SMILES string of the molecule is COC(=O)c1nc([C@@H](N)C(C)C)n(Cc2ccccc2)c1C.O=C(O)C(F)(F)F. The highest BCUT2D eigenvalue weighted by Gasteiger charge is 2.38. The first-order valence-corrected chi connectivity index (χ1v) is 8.65. The highest BCUT2D eigenvalue weighted by atomic mass is 19.4. The molecule has 2 aromatic rings. The molecule has 0 aliphatic carbocycles. The number of hydrogen-bond donors (Lipinski definition) is 2. The monoisotopic (exact) mass is 415 g/mol. The zero-order chi connectivity index (χ0) is 22.4. The largest absolute Gasteiger partial charge is 0.490 e. The van der Waals surface area contributed by atoms with Crippen LogP contribution in [0.4, 0.5) is 13.2 Å². The molecule has 0 unspecified atom stereocenters. The Morgan fingerprint density at radius 1 is 1.24 bits per heavy atom. The van der Waals surface area contributed by atoms with Gasteiger partial charge < -0.3 is 20.1 Å². The van der Waals surface area contributed by atoms with Crippen molar-refractivity contribution in [1.29, 1.82) is 0 Å². The number of alkyl halides is 3. The number of carboxylic acid groups (broad SMARTS) is 1. The van der Waals surface area contributed by atoms with E-state index >= 15 is 0 Å². The van der Waals surface area contributed by atoms with Crippen molar-refractivity contribution in [2.75, 3.05) is 7.11 Å². The predicted octanol–water partition coefficient (Wildman–Crippen LogP) is 3.32. The molecule has 1 atom stereocenters. The lowest BCUT2D eigenvalue weighted by molar-refractivity contribution is -0.192. The van der Waals surface area contributed by atoms with E-state index in [2.05, 4.69) is 4.98 Å². The van der Waals surface area contributed by atoms with Crippen molar-refractivity contribution in [3.8, 4) is 0 Å². The van der Waals surface area contributed by atoms with Crippen LogP contribution in [0, 0.1) is 12.8 Å². The van der Waals surface area contributed by atoms with Crippen LogP contribution in [0.2, 0.25) is 0 Å². The Kier molecular flexibility index (Phi) is 8.38. The summed E-state index contributed by atoms with van der Waals surface area (Å²) >= 11 is 0. The molecule has 1 aromatic heterocycles. The van der Waals surface area contributed by atoms with E-state index in [-0.39, 0.29) is 12.0 Å². The van der Waals surface area contributed by atoms with Gasteiger partial charge in [-0.2, -0.15) is 13.2 Å². The van der Waals surface area contributed by atoms with E-state index in [1.807, 2.05) is 55.7 Å². The number of aliphatic carboxylic acids is 1. The Morgan fingerprint density at radius 2 is 1.76 bits per heavy atom. The molecule has 0 saturated heterocycles. The molecule has 0 aliphatic rings. The smallest absolute Gasteiger partial charge is 0.475 e. The fourth-order valence-corrected chi connectivity index (χ4v) is 2.36. The number of nitrogens with zero attached hydrogens (tertiary/aromatic N) is 2. The number of imidazole rings is 1. The minimum Gasteiger partial charge on any atom is -0.475 e. The number of carbonyl (C=O) groups is 2. The summed E-state index contributed by atoms with van der Waals surface area (Å²) in [6.45, 7) is 6.59. The summed E-state index contributed by atoms with van der Waals surface area (Å²) in [7, 11) is 1.36. The first kappa shape index (κ1) is 24.2. The van der Waals surface area contributed by atoms with Gasteiger partial charge in [-0.15, -0.1) is 0 Å². The van der Waals surface area contributed by atoms with Crippen molar-refractivity contribution in [2.45, 2.75) is 39.5 Å². The van der Waals surface area contributed by atoms with Crippen molar-refractivity contribution in [3.05, 3.63) is 53.1 Å². The van der Waals surface area contributed by atoms with Crippen molar-refractivity contribution in [1.82, 2.24) is 9.55 Å². The molecule has 0 radical (unpaired) electrons. The number of carboxylic acids is 1. The van der Waals surface area contributed by atoms with E-state index in [1.165, 1.54) is 7.11 Å². The minimum absolute atomic E-state index is 0.224. The third-order valence-electron chi connectivity index (χ3n) is 4.07. The molecule has 0 saturated carbocycles. The molecule has 0 spiro atoms. The van der Waals surface area contributed by atoms with Gasteiger partial charge in [0.2, 0.25) is 0 Å². The molecule has 10 heteroatoms. The van der Waals surface area contributed by atoms with Gasteiger partial charge in [0.1, 0.15) is 5.82 Å². The van der Waals surface area contributed by atoms with Crippen LogP contribution in [0.1, 0.15) is 47.5 Å². The minimum atomic E-state index is -5.08. The Morgan fingerprint density at radius 3 is 2.17 bits per heavy atom. The molecule has 2 rings (SSSR count). The lowest BCUT2D eigenvalue weighted by Crippen LogP contribution is -2.22. The maximum Gasteiger partial charge on any atom is 0.490 e. The van der Waals surface area contributed by atoms with Crippen LogP contribution in [-0.2, 0) is 16.1 Å². The van der Waals surface area contributed by atoms with Crippen LogP contribution in [0.3, 0.4) is 0 Å². The molecule has 0 amide bonds. The number of nitrogens with two attached hydrogens (primary N) is 1. The summed E-state index contributed by atoms with van der Waals surface area (Å²) in [5.74, 6) is -2.24. The molecule has 29 heavy (non-hydrogen) atoms. The van der Waals surface area contributed by atoms with Gasteiger partial charge in [-0.1, -0.05) is 44.2 Å². The number of rotatable bonds is 5. The second kappa shape index (κ2) is 10.1. The Hall–Kier alpha value is -2.88. The molecule has 3 N–H and O–H groups in total. The lowest BCUT2D eigenvalue weighted by Gasteiger charge is -2.18. The number of benzene rings is 1. The number of hydrogen-bond acceptors (Lipinski definition) is 5. The van der Waals surface area contributed by atoms with Crippen LogP contribution in [0.15, 0.2) is 30.3 Å². The molecule has 1 heterocycles. The molecule has 160 valence electrons. The van der Waals surface area contributed by atoms with Gasteiger partial charge in [0.25, 0.3) is 0 Å². The van der Waals surface area contributed by atoms with E-state index in [0.717, 1.165) is 17.1 Å². The van der Waals surface area contributed by atoms with E-state index in [9.17, 15) is 18.0 Å². The molecule has 0 bridgehead atoms. The number of methoxy groups -OCH3 is 1. The van der Waals surface area contributed by atoms with Crippen LogP contribution >= 0.6 is 0 Å². The summed E-state index contributed by atoms with van der Waals surface area (Å²) in [6.07, 6.45) is -5.08. The van der Waals surface area contributed by atoms with E-state index in [1.54, 1.807) is 0 Å². The summed E-state index contributed by atoms with van der Waals surface area (Å²) < 4.78 is 38.6. The molecule has 0 fully saturated rings. The molecular formula is C19H24F3N3O4. The predicted molar refractivity (Wildman–Crippen MR) is 99.3 cm³/mol. The lowest BCUT2D eigenvalue weighted by atomic mass is 10.0. The van der Waals surface area contributed by atoms with E-state index < -0.39 is 18.1 Å². The standard InChI is InChI=1S/C17H23N3O2.C2HF3O2/c1-11(2)14(18)16-19-15(17(21)22-4)12(3)20(16)10-13-8-6-5-7-9-13;3-2(4,5)1(6)7/h5-9,11,14H,10,18H2,1-4H3;(H,6,7)/t14-;/m0./s1. The Labute approximate surface area is 166 Å². The van der Waals surface area contributed by atoms with Crippen molar-refractivity contribution in [3.63, 3.8) is 0 Å². The quantitative estimate of drug-likeness (QED) is 0.726. The molecule has 7 nitrogen and oxygen atoms in total. The second-order valence-corrected chi connectivity index (χ2v) is 6.54. The second-order valence-electron chi connectivity index (χ2n) is 6.54. The first-order valence-electron chi connectivity index (χ1n) is 8.65. The Bertz CT molecular complexity index is 833. The Balaban J connectivity index is 0.000000516. The number of esters is 1. The summed E-state index contributed by atoms with van der Waals surface area (Å²) in [5.41, 5.74) is 8.53. The zero-order valence-corrected chi connectivity index (χ0v) is 16.5. The highest BCUT2D eigenvalue weighted by Crippen LogP contribution is 2.23. The van der Waals surface area contributed by atoms with Crippen molar-refractivity contribution in [2.24, 2.45) is 11.7 Å². The zero-order valence-electron chi connectivity index (χ0n) is 16.5. The first-order chi connectivity index (χ1) is 13.4. The molecule has 0 aliphatic heterocycles. The number of aromatic nitrogens is 2. The fourth-order valence-electron chi connectivity index (χ4n) is 2.36. The van der Waals surface area contributed by atoms with Gasteiger partial charge in [0, 0.05) is 12.2 Å². The summed E-state index contributed by atoms with van der Waals surface area (Å²) in [6, 6.07) is 9.81. The molecular weight excluding hydrogens is 391 g/mol. The topological polar surface area (TPSA) is 107 Å².